The van der Waals surface area contributed by atoms with Gasteiger partial charge >= 0.3 is 6.18 Å². The molecule has 0 atom stereocenters. The molecule has 0 radical (unpaired) electrons. The van der Waals surface area contributed by atoms with Crippen molar-refractivity contribution in [2.75, 3.05) is 25.6 Å². The highest BCUT2D eigenvalue weighted by Gasteiger charge is 2.31. The van der Waals surface area contributed by atoms with Crippen LogP contribution in [-0.2, 0) is 10.9 Å². The molecule has 0 saturated heterocycles. The van der Waals surface area contributed by atoms with Gasteiger partial charge in [-0.25, -0.2) is 0 Å². The van der Waals surface area contributed by atoms with Crippen molar-refractivity contribution in [3.05, 3.63) is 57.9 Å². The highest BCUT2D eigenvalue weighted by atomic mass is 35.5. The molecule has 2 aromatic carbocycles. The number of ether oxygens (including phenoxy) is 2. The Morgan fingerprint density at radius 3 is 2.61 bits per heavy atom. The number of fused-ring (bicyclic) bond motifs is 1. The minimum absolute atomic E-state index is 0.0931. The molecular weight excluding hydrogens is 415 g/mol. The molecule has 1 heterocycles. The van der Waals surface area contributed by atoms with Crippen molar-refractivity contribution in [3.8, 4) is 5.75 Å². The van der Waals surface area contributed by atoms with Crippen molar-refractivity contribution >= 4 is 44.6 Å². The molecule has 3 aromatic rings. The van der Waals surface area contributed by atoms with Crippen LogP contribution in [0.2, 0.25) is 5.02 Å². The van der Waals surface area contributed by atoms with E-state index >= 15 is 0 Å². The maximum atomic E-state index is 13.1. The van der Waals surface area contributed by atoms with E-state index in [-0.39, 0.29) is 34.6 Å². The number of methoxy groups -OCH3 is 1. The number of amides is 1. The van der Waals surface area contributed by atoms with Crippen molar-refractivity contribution in [3.63, 3.8) is 0 Å². The number of anilines is 1. The van der Waals surface area contributed by atoms with Crippen molar-refractivity contribution in [1.82, 2.24) is 0 Å². The van der Waals surface area contributed by atoms with E-state index in [0.717, 1.165) is 28.2 Å². The zero-order chi connectivity index (χ0) is 20.3. The van der Waals surface area contributed by atoms with E-state index in [1.165, 1.54) is 13.2 Å². The number of alkyl halides is 3. The molecule has 1 aromatic heterocycles. The number of benzene rings is 2. The number of hydrogen-bond donors (Lipinski definition) is 1. The number of carbonyl (C=O) groups is 1. The Kier molecular flexibility index (Phi) is 6.12. The van der Waals surface area contributed by atoms with Gasteiger partial charge in [-0.05, 0) is 24.3 Å². The molecule has 4 nitrogen and oxygen atoms in total. The third kappa shape index (κ3) is 4.40. The standard InChI is InChI=1S/C19H15ClF3NO3S/c1-26-8-9-27-14-7-6-11(19(21,22)23)10-13(14)24-18(25)17-16(20)12-4-2-3-5-15(12)28-17/h2-7,10H,8-9H2,1H3,(H,24,25). The summed E-state index contributed by atoms with van der Waals surface area (Å²) < 4.78 is 50.3. The summed E-state index contributed by atoms with van der Waals surface area (Å²) in [6.45, 7) is 0.366. The lowest BCUT2D eigenvalue weighted by molar-refractivity contribution is -0.137. The molecule has 0 unspecified atom stereocenters. The predicted octanol–water partition coefficient (Wildman–Crippen LogP) is 5.85. The molecule has 148 valence electrons. The largest absolute Gasteiger partial charge is 0.489 e. The van der Waals surface area contributed by atoms with E-state index in [1.54, 1.807) is 12.1 Å². The fourth-order valence-electron chi connectivity index (χ4n) is 2.50. The molecule has 0 spiro atoms. The summed E-state index contributed by atoms with van der Waals surface area (Å²) in [7, 11) is 1.47. The quantitative estimate of drug-likeness (QED) is 0.500. The van der Waals surface area contributed by atoms with Gasteiger partial charge in [-0.2, -0.15) is 13.2 Å². The van der Waals surface area contributed by atoms with Crippen LogP contribution >= 0.6 is 22.9 Å². The lowest BCUT2D eigenvalue weighted by atomic mass is 10.1. The summed E-state index contributed by atoms with van der Waals surface area (Å²) in [6.07, 6.45) is -4.56. The third-order valence-corrected chi connectivity index (χ3v) is 5.52. The summed E-state index contributed by atoms with van der Waals surface area (Å²) in [4.78, 5) is 12.9. The smallest absolute Gasteiger partial charge is 0.416 e. The van der Waals surface area contributed by atoms with Crippen molar-refractivity contribution in [1.29, 1.82) is 0 Å². The van der Waals surface area contributed by atoms with E-state index in [4.69, 9.17) is 21.1 Å². The average Bonchev–Trinajstić information content (AvgIpc) is 2.99. The Labute approximate surface area is 167 Å². The van der Waals surface area contributed by atoms with Gasteiger partial charge in [0.2, 0.25) is 0 Å². The Morgan fingerprint density at radius 1 is 1.18 bits per heavy atom. The molecule has 9 heteroatoms. The van der Waals surface area contributed by atoms with Crippen LogP contribution in [0.3, 0.4) is 0 Å². The van der Waals surface area contributed by atoms with Gasteiger partial charge in [0.1, 0.15) is 17.2 Å². The first-order chi connectivity index (χ1) is 13.3. The summed E-state index contributed by atoms with van der Waals surface area (Å²) in [5.41, 5.74) is -0.992. The number of hydrogen-bond acceptors (Lipinski definition) is 4. The molecule has 0 bridgehead atoms. The SMILES string of the molecule is COCCOc1ccc(C(F)(F)F)cc1NC(=O)c1sc2ccccc2c1Cl. The van der Waals surface area contributed by atoms with Gasteiger partial charge in [0, 0.05) is 17.2 Å². The van der Waals surface area contributed by atoms with E-state index in [2.05, 4.69) is 5.32 Å². The van der Waals surface area contributed by atoms with E-state index in [9.17, 15) is 18.0 Å². The second-order valence-corrected chi connectivity index (χ2v) is 7.18. The first-order valence-corrected chi connectivity index (χ1v) is 9.32. The van der Waals surface area contributed by atoms with Crippen LogP contribution in [0.1, 0.15) is 15.2 Å². The summed E-state index contributed by atoms with van der Waals surface area (Å²) in [5.74, 6) is -0.502. The molecule has 0 saturated carbocycles. The lowest BCUT2D eigenvalue weighted by Gasteiger charge is -2.15. The van der Waals surface area contributed by atoms with Crippen LogP contribution in [0.15, 0.2) is 42.5 Å². The zero-order valence-corrected chi connectivity index (χ0v) is 16.2. The van der Waals surface area contributed by atoms with Crippen LogP contribution in [0.25, 0.3) is 10.1 Å². The summed E-state index contributed by atoms with van der Waals surface area (Å²) >= 11 is 7.45. The number of thiophene rings is 1. The lowest BCUT2D eigenvalue weighted by Crippen LogP contribution is -2.14. The van der Waals surface area contributed by atoms with Gasteiger partial charge in [0.15, 0.2) is 0 Å². The number of carbonyl (C=O) groups excluding carboxylic acids is 1. The number of nitrogens with one attached hydrogen (secondary N) is 1. The van der Waals surface area contributed by atoms with E-state index < -0.39 is 17.6 Å². The monoisotopic (exact) mass is 429 g/mol. The molecule has 0 aliphatic rings. The van der Waals surface area contributed by atoms with Crippen LogP contribution in [-0.4, -0.2) is 26.2 Å². The Hall–Kier alpha value is -2.29. The highest BCUT2D eigenvalue weighted by molar-refractivity contribution is 7.21. The summed E-state index contributed by atoms with van der Waals surface area (Å²) in [6, 6.07) is 10.1. The molecule has 0 aliphatic heterocycles. The van der Waals surface area contributed by atoms with Gasteiger partial charge in [-0.3, -0.25) is 4.79 Å². The van der Waals surface area contributed by atoms with Crippen LogP contribution < -0.4 is 10.1 Å². The minimum Gasteiger partial charge on any atom is -0.489 e. The van der Waals surface area contributed by atoms with Crippen LogP contribution in [0.4, 0.5) is 18.9 Å². The van der Waals surface area contributed by atoms with Crippen molar-refractivity contribution in [2.45, 2.75) is 6.18 Å². The van der Waals surface area contributed by atoms with Crippen LogP contribution in [0.5, 0.6) is 5.75 Å². The van der Waals surface area contributed by atoms with Gasteiger partial charge in [-0.1, -0.05) is 29.8 Å². The van der Waals surface area contributed by atoms with Gasteiger partial charge in [0.05, 0.1) is 22.9 Å². The maximum absolute atomic E-state index is 13.1. The van der Waals surface area contributed by atoms with Gasteiger partial charge in [0.25, 0.3) is 5.91 Å². The minimum atomic E-state index is -4.56. The molecule has 0 aliphatic carbocycles. The predicted molar refractivity (Wildman–Crippen MR) is 104 cm³/mol. The topological polar surface area (TPSA) is 47.6 Å². The second-order valence-electron chi connectivity index (χ2n) is 5.75. The highest BCUT2D eigenvalue weighted by Crippen LogP contribution is 2.38. The van der Waals surface area contributed by atoms with Crippen molar-refractivity contribution < 1.29 is 27.4 Å². The average molecular weight is 430 g/mol. The fraction of sp³-hybridized carbons (Fsp3) is 0.211. The third-order valence-electron chi connectivity index (χ3n) is 3.84. The van der Waals surface area contributed by atoms with Crippen molar-refractivity contribution in [2.24, 2.45) is 0 Å². The molecule has 1 amide bonds. The first kappa shape index (κ1) is 20.4. The molecule has 3 rings (SSSR count). The van der Waals surface area contributed by atoms with E-state index in [0.29, 0.717) is 5.39 Å². The molecular formula is C19H15ClF3NO3S. The summed E-state index contributed by atoms with van der Waals surface area (Å²) in [5, 5.41) is 3.45. The Balaban J connectivity index is 1.93. The van der Waals surface area contributed by atoms with Crippen LogP contribution in [0, 0.1) is 0 Å². The van der Waals surface area contributed by atoms with E-state index in [1.807, 2.05) is 12.1 Å². The molecule has 1 N–H and O–H groups in total. The second kappa shape index (κ2) is 8.38. The first-order valence-electron chi connectivity index (χ1n) is 8.12. The van der Waals surface area contributed by atoms with Gasteiger partial charge < -0.3 is 14.8 Å². The Bertz CT molecular complexity index is 1000. The maximum Gasteiger partial charge on any atom is 0.416 e. The number of halogens is 4. The zero-order valence-electron chi connectivity index (χ0n) is 14.6. The Morgan fingerprint density at radius 2 is 1.93 bits per heavy atom. The molecule has 28 heavy (non-hydrogen) atoms. The fourth-order valence-corrected chi connectivity index (χ4v) is 3.92. The van der Waals surface area contributed by atoms with Gasteiger partial charge in [-0.15, -0.1) is 11.3 Å². The normalized spacial score (nSPS) is 11.6. The molecule has 0 fully saturated rings. The number of rotatable bonds is 6.